The molecule has 0 fully saturated rings. The third-order valence-corrected chi connectivity index (χ3v) is 7.51. The molecule has 6 atom stereocenters. The fourth-order valence-electron chi connectivity index (χ4n) is 4.46. The molecule has 20 nitrogen and oxygen atoms in total. The number of hydrazone groups is 1. The molecule has 0 unspecified atom stereocenters. The topological polar surface area (TPSA) is 328 Å². The molecule has 0 saturated carbocycles. The van der Waals surface area contributed by atoms with Crippen LogP contribution in [0.4, 0.5) is 0 Å². The summed E-state index contributed by atoms with van der Waals surface area (Å²) in [5.74, 6) is -6.66. The Morgan fingerprint density at radius 1 is 0.918 bits per heavy atom. The number of rotatable bonds is 18. The van der Waals surface area contributed by atoms with Gasteiger partial charge in [0, 0.05) is 25.5 Å². The van der Waals surface area contributed by atoms with Crippen LogP contribution in [0.1, 0.15) is 60.3 Å². The third-order valence-electron chi connectivity index (χ3n) is 7.51. The Morgan fingerprint density at radius 3 is 1.98 bits per heavy atom. The summed E-state index contributed by atoms with van der Waals surface area (Å²) >= 11 is 0. The standard InChI is InChI=1S/C29H49N9O11/c1-14(2)20(25(45)35-18(13-41)27(47)48)36-22(42)16(4)33-24(44)19-7-6-10-32-38(19)26(46)21(15(3)30)37-23(43)17(5)34-28(49)29(31,8-11-39)9-12-40/h10,15-19,21,39-41H,6-9,11-13,30-31H2,1-5H3,(H,33,44)(H,34,49)(H,35,45)(H,36,42)(H,37,43)(H,47,48)/t15-,16+,17+,18-,19-,21-/m0/s1. The van der Waals surface area contributed by atoms with Gasteiger partial charge >= 0.3 is 5.97 Å². The number of carbonyl (C=O) groups excluding carboxylic acids is 6. The molecule has 0 aromatic rings. The summed E-state index contributed by atoms with van der Waals surface area (Å²) in [7, 11) is 0. The zero-order valence-corrected chi connectivity index (χ0v) is 28.2. The van der Waals surface area contributed by atoms with Crippen molar-refractivity contribution >= 4 is 47.6 Å². The van der Waals surface area contributed by atoms with Gasteiger partial charge in [-0.15, -0.1) is 0 Å². The van der Waals surface area contributed by atoms with Crippen molar-refractivity contribution in [2.75, 3.05) is 19.8 Å². The molecule has 6 amide bonds. The Labute approximate surface area is 283 Å². The summed E-state index contributed by atoms with van der Waals surface area (Å²) in [6.45, 7) is 5.19. The summed E-state index contributed by atoms with van der Waals surface area (Å²) < 4.78 is 0. The number of allylic oxidation sites excluding steroid dienone is 1. The number of aliphatic hydroxyl groups excluding tert-OH is 3. The average Bonchev–Trinajstić information content (AvgIpc) is 3.03. The zero-order chi connectivity index (χ0) is 37.6. The summed E-state index contributed by atoms with van der Waals surface area (Å²) in [4.78, 5) is 89.4. The van der Waals surface area contributed by atoms with Crippen molar-refractivity contribution in [3.63, 3.8) is 0 Å². The maximum Gasteiger partial charge on any atom is 0.328 e. The highest BCUT2D eigenvalue weighted by molar-refractivity contribution is 6.01. The molecular formula is C29H49N9O11. The Hall–Kier alpha value is -4.50. The second kappa shape index (κ2) is 19.5. The molecule has 0 radical (unpaired) electrons. The molecule has 276 valence electrons. The van der Waals surface area contributed by atoms with Crippen molar-refractivity contribution in [3.8, 4) is 0 Å². The van der Waals surface area contributed by atoms with E-state index in [9.17, 15) is 48.9 Å². The average molecular weight is 700 g/mol. The van der Waals surface area contributed by atoms with E-state index in [0.29, 0.717) is 5.57 Å². The van der Waals surface area contributed by atoms with Gasteiger partial charge in [-0.1, -0.05) is 0 Å². The van der Waals surface area contributed by atoms with E-state index < -0.39 is 103 Å². The normalized spacial score (nSPS) is 17.3. The molecule has 1 aliphatic heterocycles. The molecule has 0 saturated heterocycles. The number of hydrogen-bond donors (Lipinski definition) is 11. The zero-order valence-electron chi connectivity index (χ0n) is 28.2. The maximum atomic E-state index is 13.6. The molecule has 1 heterocycles. The van der Waals surface area contributed by atoms with Crippen LogP contribution in [-0.4, -0.2) is 135 Å². The molecule has 1 aliphatic rings. The predicted molar refractivity (Wildman–Crippen MR) is 173 cm³/mol. The first-order chi connectivity index (χ1) is 22.8. The van der Waals surface area contributed by atoms with Crippen molar-refractivity contribution in [2.24, 2.45) is 16.6 Å². The van der Waals surface area contributed by atoms with E-state index in [1.54, 1.807) is 0 Å². The first-order valence-electron chi connectivity index (χ1n) is 15.5. The van der Waals surface area contributed by atoms with Gasteiger partial charge < -0.3 is 58.5 Å². The van der Waals surface area contributed by atoms with Gasteiger partial charge in [0.15, 0.2) is 6.04 Å². The van der Waals surface area contributed by atoms with Crippen LogP contribution in [0, 0.1) is 0 Å². The maximum absolute atomic E-state index is 13.6. The highest BCUT2D eigenvalue weighted by atomic mass is 16.4. The number of nitrogens with two attached hydrogens (primary N) is 2. The number of aliphatic hydroxyl groups is 3. The summed E-state index contributed by atoms with van der Waals surface area (Å²) in [6, 6.07) is -7.82. The lowest BCUT2D eigenvalue weighted by Crippen LogP contribution is -2.63. The predicted octanol–water partition coefficient (Wildman–Crippen LogP) is -4.76. The van der Waals surface area contributed by atoms with E-state index in [1.807, 2.05) is 0 Å². The Balaban J connectivity index is 3.05. The first-order valence-corrected chi connectivity index (χ1v) is 15.5. The molecule has 1 rings (SSSR count). The molecule has 0 aromatic carbocycles. The van der Waals surface area contributed by atoms with Crippen molar-refractivity contribution in [2.45, 2.75) is 102 Å². The summed E-state index contributed by atoms with van der Waals surface area (Å²) in [5.41, 5.74) is 10.4. The number of carboxylic acids is 1. The number of hydrogen-bond acceptors (Lipinski definition) is 13. The SMILES string of the molecule is CC(C)=C(NC(=O)[C@@H](C)NC(=O)[C@@H]1CCC=NN1C(=O)[C@@H](NC(=O)[C@@H](C)NC(=O)C(N)(CCO)CCO)[C@H](C)N)C(=O)N[C@@H](CO)C(=O)O. The molecule has 0 aromatic heterocycles. The van der Waals surface area contributed by atoms with Crippen molar-refractivity contribution in [1.29, 1.82) is 0 Å². The van der Waals surface area contributed by atoms with E-state index >= 15 is 0 Å². The molecule has 49 heavy (non-hydrogen) atoms. The third kappa shape index (κ3) is 12.2. The van der Waals surface area contributed by atoms with Gasteiger partial charge in [0.25, 0.3) is 11.8 Å². The lowest BCUT2D eigenvalue weighted by molar-refractivity contribution is -0.145. The van der Waals surface area contributed by atoms with Crippen LogP contribution in [0.2, 0.25) is 0 Å². The lowest BCUT2D eigenvalue weighted by atomic mass is 9.91. The van der Waals surface area contributed by atoms with Gasteiger partial charge in [-0.3, -0.25) is 28.8 Å². The molecular weight excluding hydrogens is 650 g/mol. The largest absolute Gasteiger partial charge is 0.480 e. The van der Waals surface area contributed by atoms with Crippen LogP contribution in [0.5, 0.6) is 0 Å². The van der Waals surface area contributed by atoms with Crippen LogP contribution >= 0.6 is 0 Å². The number of carboxylic acid groups (broad SMARTS) is 1. The van der Waals surface area contributed by atoms with Gasteiger partial charge in [-0.2, -0.15) is 5.10 Å². The van der Waals surface area contributed by atoms with Gasteiger partial charge in [-0.25, -0.2) is 9.80 Å². The molecule has 0 bridgehead atoms. The molecule has 0 spiro atoms. The van der Waals surface area contributed by atoms with Crippen LogP contribution in [0.3, 0.4) is 0 Å². The van der Waals surface area contributed by atoms with Crippen LogP contribution < -0.4 is 38.1 Å². The minimum Gasteiger partial charge on any atom is -0.480 e. The number of nitrogens with one attached hydrogen (secondary N) is 5. The van der Waals surface area contributed by atoms with Gasteiger partial charge in [-0.05, 0) is 65.9 Å². The van der Waals surface area contributed by atoms with E-state index in [4.69, 9.17) is 16.6 Å². The second-order valence-electron chi connectivity index (χ2n) is 11.9. The van der Waals surface area contributed by atoms with E-state index in [2.05, 4.69) is 31.7 Å². The highest BCUT2D eigenvalue weighted by Crippen LogP contribution is 2.16. The fourth-order valence-corrected chi connectivity index (χ4v) is 4.46. The van der Waals surface area contributed by atoms with Crippen LogP contribution in [0.25, 0.3) is 0 Å². The van der Waals surface area contributed by atoms with Gasteiger partial charge in [0.05, 0.1) is 12.1 Å². The number of amides is 6. The monoisotopic (exact) mass is 699 g/mol. The van der Waals surface area contributed by atoms with Crippen LogP contribution in [-0.2, 0) is 33.6 Å². The lowest BCUT2D eigenvalue weighted by Gasteiger charge is -2.34. The minimum atomic E-state index is -1.66. The summed E-state index contributed by atoms with van der Waals surface area (Å²) in [6.07, 6.45) is 1.36. The van der Waals surface area contributed by atoms with Crippen LogP contribution in [0.15, 0.2) is 16.4 Å². The minimum absolute atomic E-state index is 0.0785. The number of carbonyl (C=O) groups is 7. The Bertz CT molecular complexity index is 1290. The van der Waals surface area contributed by atoms with Gasteiger partial charge in [0.2, 0.25) is 23.6 Å². The first kappa shape index (κ1) is 42.5. The quantitative estimate of drug-likeness (QED) is 0.0600. The molecule has 13 N–H and O–H groups in total. The van der Waals surface area contributed by atoms with E-state index in [0.717, 1.165) is 5.01 Å². The summed E-state index contributed by atoms with van der Waals surface area (Å²) in [5, 5.41) is 53.4. The number of aliphatic carboxylic acids is 1. The Kier molecular flexibility index (Phi) is 16.9. The smallest absolute Gasteiger partial charge is 0.328 e. The van der Waals surface area contributed by atoms with Crippen molar-refractivity contribution in [1.82, 2.24) is 31.6 Å². The van der Waals surface area contributed by atoms with E-state index in [1.165, 1.54) is 40.8 Å². The molecule has 0 aliphatic carbocycles. The highest BCUT2D eigenvalue weighted by Gasteiger charge is 2.40. The van der Waals surface area contributed by atoms with Crippen molar-refractivity contribution in [3.05, 3.63) is 11.3 Å². The Morgan fingerprint density at radius 2 is 1.49 bits per heavy atom. The fraction of sp³-hybridized carbons (Fsp3) is 0.655. The number of nitrogens with zero attached hydrogens (tertiary/aromatic N) is 2. The molecule has 20 heteroatoms. The van der Waals surface area contributed by atoms with Crippen molar-refractivity contribution < 1.29 is 54.0 Å². The van der Waals surface area contributed by atoms with Gasteiger partial charge in [0.1, 0.15) is 29.9 Å². The van der Waals surface area contributed by atoms with E-state index in [-0.39, 0.29) is 31.4 Å². The second-order valence-corrected chi connectivity index (χ2v) is 11.9.